The van der Waals surface area contributed by atoms with Gasteiger partial charge in [-0.3, -0.25) is 14.9 Å². The van der Waals surface area contributed by atoms with Crippen LogP contribution in [0, 0.1) is 10.1 Å². The first-order valence-corrected chi connectivity index (χ1v) is 9.06. The molecule has 0 bridgehead atoms. The Labute approximate surface area is 162 Å². The summed E-state index contributed by atoms with van der Waals surface area (Å²) in [6.07, 6.45) is 1.16. The second kappa shape index (κ2) is 8.05. The van der Waals surface area contributed by atoms with Gasteiger partial charge in [0.15, 0.2) is 0 Å². The Balaban J connectivity index is 1.67. The summed E-state index contributed by atoms with van der Waals surface area (Å²) in [6, 6.07) is 8.55. The highest BCUT2D eigenvalue weighted by molar-refractivity contribution is 8.00. The van der Waals surface area contributed by atoms with Gasteiger partial charge in [0.25, 0.3) is 11.6 Å². The Morgan fingerprint density at radius 1 is 1.11 bits per heavy atom. The van der Waals surface area contributed by atoms with Crippen molar-refractivity contribution in [3.8, 4) is 0 Å². The molecule has 1 aromatic heterocycles. The highest BCUT2D eigenvalue weighted by Gasteiger charge is 2.32. The number of halogens is 3. The van der Waals surface area contributed by atoms with Gasteiger partial charge in [-0.1, -0.05) is 12.1 Å². The van der Waals surface area contributed by atoms with Crippen molar-refractivity contribution in [2.45, 2.75) is 10.4 Å². The Morgan fingerprint density at radius 2 is 1.79 bits per heavy atom. The molecule has 148 valence electrons. The summed E-state index contributed by atoms with van der Waals surface area (Å²) in [5.41, 5.74) is -4.57. The molecule has 1 amide bonds. The first kappa shape index (κ1) is 19.9. The maximum Gasteiger partial charge on any atom is 0.446 e. The van der Waals surface area contributed by atoms with E-state index in [1.54, 1.807) is 0 Å². The number of rotatable bonds is 4. The van der Waals surface area contributed by atoms with Crippen molar-refractivity contribution < 1.29 is 22.9 Å². The fourth-order valence-electron chi connectivity index (χ4n) is 2.84. The molecule has 0 aliphatic carbocycles. The highest BCUT2D eigenvalue weighted by Crippen LogP contribution is 2.38. The highest BCUT2D eigenvalue weighted by atomic mass is 32.2. The van der Waals surface area contributed by atoms with Gasteiger partial charge in [0, 0.05) is 37.1 Å². The second-order valence-corrected chi connectivity index (χ2v) is 7.06. The maximum absolute atomic E-state index is 12.7. The number of nitro groups is 1. The van der Waals surface area contributed by atoms with Crippen molar-refractivity contribution in [2.75, 3.05) is 31.1 Å². The number of piperazine rings is 1. The van der Waals surface area contributed by atoms with E-state index in [0.29, 0.717) is 32.0 Å². The van der Waals surface area contributed by atoms with Crippen LogP contribution in [-0.4, -0.2) is 52.4 Å². The smallest absolute Gasteiger partial charge is 0.353 e. The molecule has 1 aliphatic heterocycles. The number of carbonyl (C=O) groups excluding carboxylic acids is 1. The number of hydrogen-bond donors (Lipinski definition) is 0. The van der Waals surface area contributed by atoms with Gasteiger partial charge in [0.2, 0.25) is 0 Å². The number of benzene rings is 1. The molecule has 2 heterocycles. The molecule has 7 nitrogen and oxygen atoms in total. The predicted octanol–water partition coefficient (Wildman–Crippen LogP) is 3.56. The van der Waals surface area contributed by atoms with Crippen LogP contribution in [0.3, 0.4) is 0 Å². The lowest BCUT2D eigenvalue weighted by Gasteiger charge is -2.35. The molecule has 1 fully saturated rings. The van der Waals surface area contributed by atoms with Crippen LogP contribution in [0.4, 0.5) is 24.7 Å². The van der Waals surface area contributed by atoms with Gasteiger partial charge >= 0.3 is 5.51 Å². The van der Waals surface area contributed by atoms with Crippen LogP contribution in [0.15, 0.2) is 47.5 Å². The fourth-order valence-corrected chi connectivity index (χ4v) is 3.50. The van der Waals surface area contributed by atoms with Crippen LogP contribution in [0.25, 0.3) is 0 Å². The Bertz CT molecular complexity index is 869. The van der Waals surface area contributed by atoms with E-state index >= 15 is 0 Å². The first-order valence-electron chi connectivity index (χ1n) is 8.24. The zero-order valence-electron chi connectivity index (χ0n) is 14.4. The minimum Gasteiger partial charge on any atom is -0.353 e. The van der Waals surface area contributed by atoms with Crippen molar-refractivity contribution in [1.29, 1.82) is 0 Å². The molecule has 1 saturated heterocycles. The van der Waals surface area contributed by atoms with E-state index in [1.807, 2.05) is 4.90 Å². The number of nitrogens with zero attached hydrogens (tertiary/aromatic N) is 4. The third-order valence-corrected chi connectivity index (χ3v) is 4.98. The number of alkyl halides is 3. The summed E-state index contributed by atoms with van der Waals surface area (Å²) in [5.74, 6) is 0.0920. The lowest BCUT2D eigenvalue weighted by molar-refractivity contribution is -0.385. The average molecular weight is 412 g/mol. The minimum absolute atomic E-state index is 0.0201. The number of anilines is 1. The van der Waals surface area contributed by atoms with Crippen molar-refractivity contribution in [3.63, 3.8) is 0 Å². The molecule has 3 rings (SSSR count). The number of hydrogen-bond acceptors (Lipinski definition) is 6. The molecule has 0 spiro atoms. The van der Waals surface area contributed by atoms with Crippen molar-refractivity contribution in [1.82, 2.24) is 9.88 Å². The molecule has 0 unspecified atom stereocenters. The van der Waals surface area contributed by atoms with E-state index in [1.165, 1.54) is 41.3 Å². The van der Waals surface area contributed by atoms with E-state index in [2.05, 4.69) is 4.98 Å². The molecular weight excluding hydrogens is 397 g/mol. The first-order chi connectivity index (χ1) is 13.2. The Morgan fingerprint density at radius 3 is 2.36 bits per heavy atom. The maximum atomic E-state index is 12.7. The van der Waals surface area contributed by atoms with Crippen LogP contribution in [0.2, 0.25) is 0 Å². The number of aromatic nitrogens is 1. The van der Waals surface area contributed by atoms with Gasteiger partial charge in [-0.2, -0.15) is 13.2 Å². The molecule has 1 aliphatic rings. The quantitative estimate of drug-likeness (QED) is 0.434. The third kappa shape index (κ3) is 4.71. The standard InChI is InChI=1S/C17H15F3N4O3S/c18-17(19,20)28-14-4-2-1-3-13(14)16(25)23-9-7-22(8-10-23)15-6-5-12(11-21-15)24(26)27/h1-6,11H,7-10H2. The zero-order chi connectivity index (χ0) is 20.3. The normalized spacial score (nSPS) is 14.8. The van der Waals surface area contributed by atoms with Crippen LogP contribution in [-0.2, 0) is 0 Å². The van der Waals surface area contributed by atoms with Gasteiger partial charge in [0.05, 0.1) is 10.5 Å². The largest absolute Gasteiger partial charge is 0.446 e. The van der Waals surface area contributed by atoms with E-state index in [4.69, 9.17) is 0 Å². The molecular formula is C17H15F3N4O3S. The van der Waals surface area contributed by atoms with E-state index in [-0.39, 0.29) is 27.9 Å². The van der Waals surface area contributed by atoms with Crippen molar-refractivity contribution >= 4 is 29.2 Å². The Kier molecular flexibility index (Phi) is 5.73. The van der Waals surface area contributed by atoms with Gasteiger partial charge in [0.1, 0.15) is 12.0 Å². The van der Waals surface area contributed by atoms with Gasteiger partial charge in [-0.25, -0.2) is 4.98 Å². The predicted molar refractivity (Wildman–Crippen MR) is 97.4 cm³/mol. The molecule has 11 heteroatoms. The van der Waals surface area contributed by atoms with Crippen molar-refractivity contribution in [3.05, 3.63) is 58.3 Å². The number of carbonyl (C=O) groups is 1. The molecule has 0 saturated carbocycles. The zero-order valence-corrected chi connectivity index (χ0v) is 15.2. The van der Waals surface area contributed by atoms with Crippen molar-refractivity contribution in [2.24, 2.45) is 0 Å². The summed E-state index contributed by atoms with van der Waals surface area (Å²) in [4.78, 5) is 30.2. The number of thioether (sulfide) groups is 1. The second-order valence-electron chi connectivity index (χ2n) is 5.95. The molecule has 0 radical (unpaired) electrons. The SMILES string of the molecule is O=C(c1ccccc1SC(F)(F)F)N1CCN(c2ccc([N+](=O)[O-])cn2)CC1. The third-order valence-electron chi connectivity index (χ3n) is 4.18. The summed E-state index contributed by atoms with van der Waals surface area (Å²) < 4.78 is 38.2. The van der Waals surface area contributed by atoms with Gasteiger partial charge < -0.3 is 9.80 Å². The molecule has 28 heavy (non-hydrogen) atoms. The van der Waals surface area contributed by atoms with E-state index in [0.717, 1.165) is 6.20 Å². The summed E-state index contributed by atoms with van der Waals surface area (Å²) in [6.45, 7) is 1.46. The van der Waals surface area contributed by atoms with Gasteiger partial charge in [-0.05, 0) is 30.0 Å². The average Bonchev–Trinajstić information content (AvgIpc) is 2.67. The van der Waals surface area contributed by atoms with Crippen LogP contribution in [0.1, 0.15) is 10.4 Å². The Hall–Kier alpha value is -2.82. The molecule has 1 aromatic carbocycles. The monoisotopic (exact) mass is 412 g/mol. The minimum atomic E-state index is -4.48. The summed E-state index contributed by atoms with van der Waals surface area (Å²) in [7, 11) is 0. The number of amides is 1. The van der Waals surface area contributed by atoms with E-state index in [9.17, 15) is 28.1 Å². The fraction of sp³-hybridized carbons (Fsp3) is 0.294. The van der Waals surface area contributed by atoms with Crippen LogP contribution in [0.5, 0.6) is 0 Å². The lowest BCUT2D eigenvalue weighted by Crippen LogP contribution is -2.49. The topological polar surface area (TPSA) is 79.6 Å². The van der Waals surface area contributed by atoms with Crippen LogP contribution < -0.4 is 4.90 Å². The molecule has 2 aromatic rings. The van der Waals surface area contributed by atoms with E-state index < -0.39 is 16.3 Å². The lowest BCUT2D eigenvalue weighted by atomic mass is 10.2. The molecule has 0 N–H and O–H groups in total. The summed E-state index contributed by atoms with van der Waals surface area (Å²) in [5, 5.41) is 10.7. The number of pyridine rings is 1. The molecule has 0 atom stereocenters. The van der Waals surface area contributed by atoms with Crippen LogP contribution >= 0.6 is 11.8 Å². The van der Waals surface area contributed by atoms with Gasteiger partial charge in [-0.15, -0.1) is 0 Å². The summed E-state index contributed by atoms with van der Waals surface area (Å²) >= 11 is -0.302.